The molecule has 7 heteroatoms. The summed E-state index contributed by atoms with van der Waals surface area (Å²) in [6, 6.07) is 7.56. The van der Waals surface area contributed by atoms with Gasteiger partial charge >= 0.3 is 0 Å². The lowest BCUT2D eigenvalue weighted by Gasteiger charge is -2.00. The van der Waals surface area contributed by atoms with Crippen LogP contribution in [0.2, 0.25) is 0 Å². The molecule has 1 aromatic carbocycles. The fourth-order valence-corrected chi connectivity index (χ4v) is 1.95. The summed E-state index contributed by atoms with van der Waals surface area (Å²) in [6.07, 6.45) is 3.24. The number of aromatic nitrogens is 3. The van der Waals surface area contributed by atoms with Crippen LogP contribution in [0, 0.1) is 0 Å². The molecule has 0 bridgehead atoms. The van der Waals surface area contributed by atoms with Crippen molar-refractivity contribution in [3.8, 4) is 5.75 Å². The number of hydrogen-bond acceptors (Lipinski definition) is 6. The first-order valence-corrected chi connectivity index (χ1v) is 6.64. The minimum Gasteiger partial charge on any atom is -0.497 e. The Morgan fingerprint density at radius 1 is 1.42 bits per heavy atom. The second-order valence-electron chi connectivity index (χ2n) is 3.55. The molecule has 6 nitrogen and oxygen atoms in total. The Hall–Kier alpha value is -1.86. The van der Waals surface area contributed by atoms with Gasteiger partial charge in [0.05, 0.1) is 19.9 Å². The van der Waals surface area contributed by atoms with Gasteiger partial charge in [0, 0.05) is 5.75 Å². The lowest BCUT2D eigenvalue weighted by atomic mass is 10.2. The average molecular weight is 278 g/mol. The van der Waals surface area contributed by atoms with E-state index in [1.54, 1.807) is 18.0 Å². The molecule has 0 aliphatic carbocycles. The van der Waals surface area contributed by atoms with E-state index in [-0.39, 0.29) is 6.61 Å². The second-order valence-corrected chi connectivity index (χ2v) is 4.61. The van der Waals surface area contributed by atoms with Gasteiger partial charge in [0.15, 0.2) is 0 Å². The van der Waals surface area contributed by atoms with Gasteiger partial charge in [-0.25, -0.2) is 0 Å². The summed E-state index contributed by atoms with van der Waals surface area (Å²) < 4.78 is 6.66. The standard InChI is InChI=1S/C12H14N4O2S/c1-18-11-4-2-10(3-5-11)8-14-16-9-13-15-12(16)19-7-6-17/h2-5,8-9,17H,6-7H2,1H3/b14-8-. The van der Waals surface area contributed by atoms with Crippen LogP contribution in [0.25, 0.3) is 0 Å². The molecule has 1 heterocycles. The highest BCUT2D eigenvalue weighted by Crippen LogP contribution is 2.14. The molecule has 0 saturated heterocycles. The summed E-state index contributed by atoms with van der Waals surface area (Å²) in [5.41, 5.74) is 0.951. The van der Waals surface area contributed by atoms with Gasteiger partial charge < -0.3 is 9.84 Å². The number of benzene rings is 1. The fraction of sp³-hybridized carbons (Fsp3) is 0.250. The van der Waals surface area contributed by atoms with E-state index in [1.165, 1.54) is 18.1 Å². The first kappa shape index (κ1) is 13.6. The molecule has 0 spiro atoms. The van der Waals surface area contributed by atoms with Gasteiger partial charge in [0.2, 0.25) is 5.16 Å². The number of aliphatic hydroxyl groups excluding tert-OH is 1. The Kier molecular flexibility index (Phi) is 4.93. The van der Waals surface area contributed by atoms with Crippen LogP contribution in [-0.2, 0) is 0 Å². The molecule has 1 aromatic heterocycles. The van der Waals surface area contributed by atoms with Crippen molar-refractivity contribution in [1.82, 2.24) is 14.9 Å². The van der Waals surface area contributed by atoms with Crippen LogP contribution in [0.1, 0.15) is 5.56 Å². The molecule has 19 heavy (non-hydrogen) atoms. The number of ether oxygens (including phenoxy) is 1. The highest BCUT2D eigenvalue weighted by atomic mass is 32.2. The molecule has 0 saturated carbocycles. The monoisotopic (exact) mass is 278 g/mol. The van der Waals surface area contributed by atoms with Gasteiger partial charge in [-0.2, -0.15) is 9.78 Å². The quantitative estimate of drug-likeness (QED) is 0.636. The largest absolute Gasteiger partial charge is 0.497 e. The topological polar surface area (TPSA) is 72.5 Å². The molecular weight excluding hydrogens is 264 g/mol. The van der Waals surface area contributed by atoms with Gasteiger partial charge in [-0.1, -0.05) is 11.8 Å². The van der Waals surface area contributed by atoms with E-state index in [9.17, 15) is 0 Å². The normalized spacial score (nSPS) is 11.1. The van der Waals surface area contributed by atoms with Crippen molar-refractivity contribution in [3.63, 3.8) is 0 Å². The number of rotatable bonds is 6. The number of methoxy groups -OCH3 is 1. The van der Waals surface area contributed by atoms with E-state index in [4.69, 9.17) is 9.84 Å². The van der Waals surface area contributed by atoms with Crippen LogP contribution >= 0.6 is 11.8 Å². The summed E-state index contributed by atoms with van der Waals surface area (Å²) >= 11 is 1.40. The van der Waals surface area contributed by atoms with Crippen molar-refractivity contribution in [3.05, 3.63) is 36.2 Å². The third-order valence-corrected chi connectivity index (χ3v) is 3.18. The number of aliphatic hydroxyl groups is 1. The van der Waals surface area contributed by atoms with Crippen molar-refractivity contribution >= 4 is 18.0 Å². The van der Waals surface area contributed by atoms with Crippen LogP contribution in [0.5, 0.6) is 5.75 Å². The van der Waals surface area contributed by atoms with Crippen molar-refractivity contribution in [2.75, 3.05) is 19.5 Å². The Labute approximate surface area is 115 Å². The van der Waals surface area contributed by atoms with E-state index in [0.29, 0.717) is 10.9 Å². The molecule has 0 fully saturated rings. The second kappa shape index (κ2) is 6.91. The zero-order valence-corrected chi connectivity index (χ0v) is 11.2. The molecular formula is C12H14N4O2S. The van der Waals surface area contributed by atoms with E-state index in [0.717, 1.165) is 11.3 Å². The lowest BCUT2D eigenvalue weighted by Crippen LogP contribution is -1.94. The fourth-order valence-electron chi connectivity index (χ4n) is 1.35. The van der Waals surface area contributed by atoms with Crippen molar-refractivity contribution in [2.45, 2.75) is 5.16 Å². The minimum atomic E-state index is 0.0969. The van der Waals surface area contributed by atoms with Gasteiger partial charge in [-0.05, 0) is 29.8 Å². The Morgan fingerprint density at radius 2 is 2.21 bits per heavy atom. The van der Waals surface area contributed by atoms with Crippen LogP contribution in [-0.4, -0.2) is 45.7 Å². The Morgan fingerprint density at radius 3 is 2.89 bits per heavy atom. The maximum Gasteiger partial charge on any atom is 0.211 e. The van der Waals surface area contributed by atoms with Crippen LogP contribution in [0.4, 0.5) is 0 Å². The number of nitrogens with zero attached hydrogens (tertiary/aromatic N) is 4. The molecule has 0 unspecified atom stereocenters. The predicted octanol–water partition coefficient (Wildman–Crippen LogP) is 1.25. The molecule has 1 N–H and O–H groups in total. The summed E-state index contributed by atoms with van der Waals surface area (Å²) in [6.45, 7) is 0.0969. The van der Waals surface area contributed by atoms with E-state index >= 15 is 0 Å². The molecule has 0 aliphatic rings. The smallest absolute Gasteiger partial charge is 0.211 e. The first-order chi connectivity index (χ1) is 9.33. The summed E-state index contributed by atoms with van der Waals surface area (Å²) in [4.78, 5) is 0. The Bertz CT molecular complexity index is 539. The molecule has 0 radical (unpaired) electrons. The van der Waals surface area contributed by atoms with Crippen LogP contribution in [0.3, 0.4) is 0 Å². The highest BCUT2D eigenvalue weighted by molar-refractivity contribution is 7.99. The van der Waals surface area contributed by atoms with E-state index in [2.05, 4.69) is 15.3 Å². The van der Waals surface area contributed by atoms with Crippen LogP contribution in [0.15, 0.2) is 40.9 Å². The molecule has 0 amide bonds. The van der Waals surface area contributed by atoms with Gasteiger partial charge in [0.1, 0.15) is 12.1 Å². The SMILES string of the molecule is COc1ccc(/C=N\n2cnnc2SCCO)cc1. The third kappa shape index (κ3) is 3.80. The summed E-state index contributed by atoms with van der Waals surface area (Å²) in [5.74, 6) is 1.37. The van der Waals surface area contributed by atoms with Gasteiger partial charge in [-0.15, -0.1) is 10.2 Å². The zero-order chi connectivity index (χ0) is 13.5. The predicted molar refractivity (Wildman–Crippen MR) is 73.8 cm³/mol. The maximum atomic E-state index is 8.78. The average Bonchev–Trinajstić information content (AvgIpc) is 2.91. The first-order valence-electron chi connectivity index (χ1n) is 5.65. The maximum absolute atomic E-state index is 8.78. The van der Waals surface area contributed by atoms with Crippen molar-refractivity contribution < 1.29 is 9.84 Å². The van der Waals surface area contributed by atoms with Gasteiger partial charge in [-0.3, -0.25) is 0 Å². The molecule has 2 aromatic rings. The lowest BCUT2D eigenvalue weighted by molar-refractivity contribution is 0.322. The summed E-state index contributed by atoms with van der Waals surface area (Å²) in [7, 11) is 1.63. The highest BCUT2D eigenvalue weighted by Gasteiger charge is 2.02. The third-order valence-electron chi connectivity index (χ3n) is 2.27. The zero-order valence-electron chi connectivity index (χ0n) is 10.4. The number of hydrogen-bond donors (Lipinski definition) is 1. The molecule has 100 valence electrons. The Balaban J connectivity index is 2.06. The van der Waals surface area contributed by atoms with Crippen molar-refractivity contribution in [2.24, 2.45) is 5.10 Å². The minimum absolute atomic E-state index is 0.0969. The number of thioether (sulfide) groups is 1. The van der Waals surface area contributed by atoms with E-state index < -0.39 is 0 Å². The van der Waals surface area contributed by atoms with Crippen LogP contribution < -0.4 is 4.74 Å². The van der Waals surface area contributed by atoms with Crippen molar-refractivity contribution in [1.29, 1.82) is 0 Å². The van der Waals surface area contributed by atoms with Gasteiger partial charge in [0.25, 0.3) is 0 Å². The molecule has 0 aliphatic heterocycles. The summed E-state index contributed by atoms with van der Waals surface area (Å²) in [5, 5.41) is 21.4. The molecule has 0 atom stereocenters. The molecule has 2 rings (SSSR count). The van der Waals surface area contributed by atoms with E-state index in [1.807, 2.05) is 24.3 Å².